The summed E-state index contributed by atoms with van der Waals surface area (Å²) < 4.78 is 5.85. The number of rotatable bonds is 14. The van der Waals surface area contributed by atoms with E-state index in [1.54, 1.807) is 0 Å². The van der Waals surface area contributed by atoms with Crippen LogP contribution in [0.25, 0.3) is 11.0 Å². The van der Waals surface area contributed by atoms with Crippen molar-refractivity contribution in [2.45, 2.75) is 51.4 Å². The molecule has 8 N–H and O–H groups in total. The van der Waals surface area contributed by atoms with E-state index in [2.05, 4.69) is 10.6 Å². The highest BCUT2D eigenvalue weighted by atomic mass is 16.3. The number of unbranched alkanes of at least 4 members (excludes halogenated alkanes) is 5. The Labute approximate surface area is 167 Å². The lowest BCUT2D eigenvalue weighted by Crippen LogP contribution is -2.30. The first-order valence-corrected chi connectivity index (χ1v) is 10.2. The van der Waals surface area contributed by atoms with Crippen LogP contribution in [0.2, 0.25) is 0 Å². The maximum absolute atomic E-state index is 7.51. The zero-order chi connectivity index (χ0) is 20.2. The van der Waals surface area contributed by atoms with Gasteiger partial charge in [-0.05, 0) is 56.6 Å². The smallest absolute Gasteiger partial charge is 0.185 e. The highest BCUT2D eigenvalue weighted by Crippen LogP contribution is 2.21. The average molecular weight is 387 g/mol. The van der Waals surface area contributed by atoms with Crippen molar-refractivity contribution in [1.29, 1.82) is 10.8 Å². The number of hydrogen-bond acceptors (Lipinski definition) is 4. The lowest BCUT2D eigenvalue weighted by molar-refractivity contribution is 0.520. The van der Waals surface area contributed by atoms with Crippen molar-refractivity contribution >= 4 is 22.8 Å². The number of nitrogens with two attached hydrogens (primary N) is 2. The minimum atomic E-state index is 0.0634. The lowest BCUT2D eigenvalue weighted by Gasteiger charge is -2.05. The summed E-state index contributed by atoms with van der Waals surface area (Å²) in [7, 11) is 0. The number of amidine groups is 1. The van der Waals surface area contributed by atoms with Gasteiger partial charge in [0, 0.05) is 23.9 Å². The van der Waals surface area contributed by atoms with E-state index in [1.807, 2.05) is 24.3 Å². The Balaban J connectivity index is 1.48. The molecule has 0 fully saturated rings. The molecule has 0 bridgehead atoms. The van der Waals surface area contributed by atoms with Crippen LogP contribution in [0, 0.1) is 10.8 Å². The molecule has 0 amide bonds. The van der Waals surface area contributed by atoms with Crippen molar-refractivity contribution in [3.63, 3.8) is 0 Å². The average Bonchev–Trinajstić information content (AvgIpc) is 3.07. The van der Waals surface area contributed by atoms with Crippen LogP contribution in [0.5, 0.6) is 0 Å². The maximum Gasteiger partial charge on any atom is 0.185 e. The molecule has 0 saturated heterocycles. The van der Waals surface area contributed by atoms with Crippen LogP contribution < -0.4 is 22.1 Å². The summed E-state index contributed by atoms with van der Waals surface area (Å²) in [5.41, 5.74) is 12.4. The first kappa shape index (κ1) is 21.8. The number of guanidine groups is 1. The van der Waals surface area contributed by atoms with Crippen LogP contribution in [0.4, 0.5) is 0 Å². The number of aryl methyl sites for hydroxylation is 1. The minimum Gasteiger partial charge on any atom is -0.461 e. The standard InChI is InChI=1S/C21H34N6O/c22-20(23)16-9-10-19-17(14-16)15-18(28-19)8-7-12-26-11-5-3-1-2-4-6-13-27-21(24)25/h9-10,14-15,26H,1-8,11-13H2,(H3,22,23)(H4,24,25,27). The summed E-state index contributed by atoms with van der Waals surface area (Å²) >= 11 is 0. The van der Waals surface area contributed by atoms with Crippen molar-refractivity contribution in [2.24, 2.45) is 11.5 Å². The van der Waals surface area contributed by atoms with Crippen LogP contribution in [-0.4, -0.2) is 31.4 Å². The van der Waals surface area contributed by atoms with Gasteiger partial charge in [-0.2, -0.15) is 0 Å². The van der Waals surface area contributed by atoms with Crippen molar-refractivity contribution in [2.75, 3.05) is 19.6 Å². The van der Waals surface area contributed by atoms with Gasteiger partial charge in [0.15, 0.2) is 5.96 Å². The summed E-state index contributed by atoms with van der Waals surface area (Å²) in [6, 6.07) is 7.66. The molecule has 1 aromatic carbocycles. The first-order valence-electron chi connectivity index (χ1n) is 10.2. The molecule has 1 aromatic heterocycles. The third-order valence-corrected chi connectivity index (χ3v) is 4.75. The number of nitrogens with one attached hydrogen (secondary N) is 4. The minimum absolute atomic E-state index is 0.0634. The van der Waals surface area contributed by atoms with E-state index in [9.17, 15) is 0 Å². The molecule has 0 aliphatic heterocycles. The SMILES string of the molecule is N=C(N)NCCCCCCCCNCCCc1cc2cc(C(=N)N)ccc2o1. The summed E-state index contributed by atoms with van der Waals surface area (Å²) in [4.78, 5) is 0. The molecular formula is C21H34N6O. The Morgan fingerprint density at radius 3 is 2.25 bits per heavy atom. The van der Waals surface area contributed by atoms with Crippen molar-refractivity contribution < 1.29 is 4.42 Å². The van der Waals surface area contributed by atoms with Crippen molar-refractivity contribution in [1.82, 2.24) is 10.6 Å². The fourth-order valence-corrected chi connectivity index (χ4v) is 3.21. The van der Waals surface area contributed by atoms with Gasteiger partial charge in [-0.3, -0.25) is 10.8 Å². The normalized spacial score (nSPS) is 11.0. The molecule has 7 nitrogen and oxygen atoms in total. The molecule has 28 heavy (non-hydrogen) atoms. The van der Waals surface area contributed by atoms with Gasteiger partial charge >= 0.3 is 0 Å². The Morgan fingerprint density at radius 1 is 0.857 bits per heavy atom. The van der Waals surface area contributed by atoms with Crippen molar-refractivity contribution in [3.8, 4) is 0 Å². The fraction of sp³-hybridized carbons (Fsp3) is 0.524. The molecule has 0 aliphatic carbocycles. The summed E-state index contributed by atoms with van der Waals surface area (Å²) in [5.74, 6) is 1.13. The Bertz CT molecular complexity index is 754. The van der Waals surface area contributed by atoms with Crippen LogP contribution in [0.1, 0.15) is 56.3 Å². The first-order chi connectivity index (χ1) is 13.6. The lowest BCUT2D eigenvalue weighted by atomic mass is 10.1. The molecular weight excluding hydrogens is 352 g/mol. The predicted molar refractivity (Wildman–Crippen MR) is 116 cm³/mol. The third kappa shape index (κ3) is 8.00. The zero-order valence-electron chi connectivity index (χ0n) is 16.7. The van der Waals surface area contributed by atoms with Gasteiger partial charge in [0.2, 0.25) is 0 Å². The van der Waals surface area contributed by atoms with E-state index in [0.717, 1.165) is 61.2 Å². The van der Waals surface area contributed by atoms with Gasteiger partial charge in [0.05, 0.1) is 0 Å². The van der Waals surface area contributed by atoms with E-state index in [0.29, 0.717) is 0 Å². The summed E-state index contributed by atoms with van der Waals surface area (Å²) in [6.07, 6.45) is 9.21. The van der Waals surface area contributed by atoms with Gasteiger partial charge in [-0.25, -0.2) is 0 Å². The van der Waals surface area contributed by atoms with Crippen LogP contribution in [0.15, 0.2) is 28.7 Å². The van der Waals surface area contributed by atoms with Crippen LogP contribution in [0.3, 0.4) is 0 Å². The van der Waals surface area contributed by atoms with Crippen molar-refractivity contribution in [3.05, 3.63) is 35.6 Å². The van der Waals surface area contributed by atoms with E-state index in [1.165, 1.54) is 32.1 Å². The Morgan fingerprint density at radius 2 is 1.54 bits per heavy atom. The molecule has 0 aliphatic rings. The van der Waals surface area contributed by atoms with Gasteiger partial charge in [-0.1, -0.05) is 25.7 Å². The van der Waals surface area contributed by atoms with E-state index in [-0.39, 0.29) is 11.8 Å². The number of furan rings is 1. The van der Waals surface area contributed by atoms with E-state index >= 15 is 0 Å². The topological polar surface area (TPSA) is 137 Å². The highest BCUT2D eigenvalue weighted by molar-refractivity contribution is 5.98. The molecule has 2 rings (SSSR count). The summed E-state index contributed by atoms with van der Waals surface area (Å²) in [5, 5.41) is 21.9. The number of benzene rings is 1. The second-order valence-corrected chi connectivity index (χ2v) is 7.19. The monoisotopic (exact) mass is 386 g/mol. The molecule has 0 saturated carbocycles. The fourth-order valence-electron chi connectivity index (χ4n) is 3.21. The quantitative estimate of drug-likeness (QED) is 0.168. The molecule has 0 radical (unpaired) electrons. The van der Waals surface area contributed by atoms with Gasteiger partial charge in [0.1, 0.15) is 17.2 Å². The van der Waals surface area contributed by atoms with E-state index in [4.69, 9.17) is 26.7 Å². The van der Waals surface area contributed by atoms with E-state index < -0.39 is 0 Å². The maximum atomic E-state index is 7.51. The zero-order valence-corrected chi connectivity index (χ0v) is 16.7. The summed E-state index contributed by atoms with van der Waals surface area (Å²) in [6.45, 7) is 2.86. The van der Waals surface area contributed by atoms with Gasteiger partial charge in [-0.15, -0.1) is 0 Å². The third-order valence-electron chi connectivity index (χ3n) is 4.75. The molecule has 0 unspecified atom stereocenters. The van der Waals surface area contributed by atoms with Gasteiger partial charge in [0.25, 0.3) is 0 Å². The molecule has 1 heterocycles. The second-order valence-electron chi connectivity index (χ2n) is 7.19. The molecule has 154 valence electrons. The van der Waals surface area contributed by atoms with Gasteiger partial charge < -0.3 is 26.5 Å². The number of fused-ring (bicyclic) bond motifs is 1. The molecule has 0 spiro atoms. The molecule has 0 atom stereocenters. The predicted octanol–water partition coefficient (Wildman–Crippen LogP) is 3.06. The Kier molecular flexibility index (Phi) is 9.34. The second kappa shape index (κ2) is 12.0. The largest absolute Gasteiger partial charge is 0.461 e. The van der Waals surface area contributed by atoms with Crippen LogP contribution in [-0.2, 0) is 6.42 Å². The Hall–Kier alpha value is -2.54. The highest BCUT2D eigenvalue weighted by Gasteiger charge is 2.06. The number of hydrogen-bond donors (Lipinski definition) is 6. The van der Waals surface area contributed by atoms with Crippen LogP contribution >= 0.6 is 0 Å². The molecule has 2 aromatic rings. The number of nitrogen functional groups attached to an aromatic ring is 1. The molecule has 7 heteroatoms.